The van der Waals surface area contributed by atoms with Gasteiger partial charge in [0.15, 0.2) is 0 Å². The zero-order valence-corrected chi connectivity index (χ0v) is 15.8. The first-order valence-corrected chi connectivity index (χ1v) is 9.19. The summed E-state index contributed by atoms with van der Waals surface area (Å²) < 4.78 is 0.996. The second-order valence-electron chi connectivity index (χ2n) is 6.37. The maximum Gasteiger partial charge on any atom is 0.253 e. The minimum atomic E-state index is -0.0228. The lowest BCUT2D eigenvalue weighted by atomic mass is 10.1. The standard InChI is InChI=1S/C20H21BrN2O2/c1-22(14-17-7-2-3-9-18(17)21)20(25)16-8-4-6-15(12-16)13-23-11-5-10-19(23)24/h2-4,6-9,12H,5,10-11,13-14H2,1H3. The average molecular weight is 401 g/mol. The van der Waals surface area contributed by atoms with Gasteiger partial charge in [0.05, 0.1) is 0 Å². The average Bonchev–Trinajstić information content (AvgIpc) is 3.01. The molecule has 0 saturated carbocycles. The van der Waals surface area contributed by atoms with Crippen LogP contribution in [-0.2, 0) is 17.9 Å². The Kier molecular flexibility index (Phi) is 5.53. The third kappa shape index (κ3) is 4.28. The summed E-state index contributed by atoms with van der Waals surface area (Å²) in [5.41, 5.74) is 2.71. The number of halogens is 1. The van der Waals surface area contributed by atoms with Gasteiger partial charge in [0.2, 0.25) is 5.91 Å². The summed E-state index contributed by atoms with van der Waals surface area (Å²) in [4.78, 5) is 28.1. The summed E-state index contributed by atoms with van der Waals surface area (Å²) in [7, 11) is 1.80. The number of benzene rings is 2. The fourth-order valence-corrected chi connectivity index (χ4v) is 3.48. The van der Waals surface area contributed by atoms with E-state index in [9.17, 15) is 9.59 Å². The molecule has 0 atom stereocenters. The van der Waals surface area contributed by atoms with Crippen LogP contribution in [0.3, 0.4) is 0 Å². The van der Waals surface area contributed by atoms with Crippen molar-refractivity contribution < 1.29 is 9.59 Å². The summed E-state index contributed by atoms with van der Waals surface area (Å²) in [6.45, 7) is 1.92. The Balaban J connectivity index is 1.70. The third-order valence-electron chi connectivity index (χ3n) is 4.43. The maximum absolute atomic E-state index is 12.7. The Bertz CT molecular complexity index is 791. The van der Waals surface area contributed by atoms with Gasteiger partial charge in [-0.25, -0.2) is 0 Å². The van der Waals surface area contributed by atoms with E-state index in [0.29, 0.717) is 25.1 Å². The van der Waals surface area contributed by atoms with Crippen LogP contribution in [0.5, 0.6) is 0 Å². The number of likely N-dealkylation sites (tertiary alicyclic amines) is 1. The number of hydrogen-bond donors (Lipinski definition) is 0. The van der Waals surface area contributed by atoms with Crippen molar-refractivity contribution >= 4 is 27.7 Å². The zero-order valence-electron chi connectivity index (χ0n) is 14.2. The molecule has 1 aliphatic rings. The lowest BCUT2D eigenvalue weighted by Crippen LogP contribution is -2.27. The predicted molar refractivity (Wildman–Crippen MR) is 101 cm³/mol. The number of nitrogens with zero attached hydrogens (tertiary/aromatic N) is 2. The van der Waals surface area contributed by atoms with E-state index >= 15 is 0 Å². The van der Waals surface area contributed by atoms with Gasteiger partial charge in [-0.15, -0.1) is 0 Å². The first kappa shape index (κ1) is 17.7. The first-order chi connectivity index (χ1) is 12.0. The van der Waals surface area contributed by atoms with E-state index in [1.54, 1.807) is 11.9 Å². The molecule has 0 N–H and O–H groups in total. The van der Waals surface area contributed by atoms with Crippen LogP contribution in [0.15, 0.2) is 53.0 Å². The summed E-state index contributed by atoms with van der Waals surface area (Å²) in [5.74, 6) is 0.174. The molecular weight excluding hydrogens is 380 g/mol. The zero-order chi connectivity index (χ0) is 17.8. The van der Waals surface area contributed by atoms with E-state index in [2.05, 4.69) is 15.9 Å². The molecule has 0 unspecified atom stereocenters. The molecule has 0 aromatic heterocycles. The Morgan fingerprint density at radius 2 is 2.00 bits per heavy atom. The van der Waals surface area contributed by atoms with Crippen LogP contribution in [0, 0.1) is 0 Å². The van der Waals surface area contributed by atoms with Crippen molar-refractivity contribution in [3.63, 3.8) is 0 Å². The molecular formula is C20H21BrN2O2. The Morgan fingerprint density at radius 3 is 2.72 bits per heavy atom. The smallest absolute Gasteiger partial charge is 0.253 e. The topological polar surface area (TPSA) is 40.6 Å². The fourth-order valence-electron chi connectivity index (χ4n) is 3.07. The minimum Gasteiger partial charge on any atom is -0.338 e. The van der Waals surface area contributed by atoms with Gasteiger partial charge in [0.25, 0.3) is 5.91 Å². The molecule has 0 spiro atoms. The molecule has 5 heteroatoms. The quantitative estimate of drug-likeness (QED) is 0.764. The van der Waals surface area contributed by atoms with E-state index in [1.165, 1.54) is 0 Å². The van der Waals surface area contributed by atoms with Crippen molar-refractivity contribution in [2.24, 2.45) is 0 Å². The van der Waals surface area contributed by atoms with Crippen molar-refractivity contribution in [2.75, 3.05) is 13.6 Å². The Labute approximate surface area is 156 Å². The lowest BCUT2D eigenvalue weighted by molar-refractivity contribution is -0.128. The van der Waals surface area contributed by atoms with Crippen LogP contribution in [0.25, 0.3) is 0 Å². The highest BCUT2D eigenvalue weighted by atomic mass is 79.9. The molecule has 1 heterocycles. The van der Waals surface area contributed by atoms with Gasteiger partial charge in [-0.05, 0) is 35.7 Å². The van der Waals surface area contributed by atoms with E-state index in [0.717, 1.165) is 28.6 Å². The minimum absolute atomic E-state index is 0.0228. The fraction of sp³-hybridized carbons (Fsp3) is 0.300. The van der Waals surface area contributed by atoms with Crippen LogP contribution in [0.2, 0.25) is 0 Å². The van der Waals surface area contributed by atoms with Crippen molar-refractivity contribution in [3.8, 4) is 0 Å². The van der Waals surface area contributed by atoms with Gasteiger partial charge < -0.3 is 9.80 Å². The molecule has 0 bridgehead atoms. The highest BCUT2D eigenvalue weighted by Gasteiger charge is 2.20. The molecule has 2 aromatic carbocycles. The Morgan fingerprint density at radius 1 is 1.20 bits per heavy atom. The van der Waals surface area contributed by atoms with Crippen LogP contribution in [0.4, 0.5) is 0 Å². The van der Waals surface area contributed by atoms with Gasteiger partial charge in [-0.1, -0.05) is 46.3 Å². The molecule has 1 saturated heterocycles. The highest BCUT2D eigenvalue weighted by molar-refractivity contribution is 9.10. The van der Waals surface area contributed by atoms with Crippen molar-refractivity contribution in [3.05, 3.63) is 69.7 Å². The molecule has 0 aliphatic carbocycles. The molecule has 1 fully saturated rings. The normalized spacial score (nSPS) is 14.0. The second kappa shape index (κ2) is 7.83. The van der Waals surface area contributed by atoms with Gasteiger partial charge in [0, 0.05) is 43.1 Å². The van der Waals surface area contributed by atoms with E-state index in [-0.39, 0.29) is 11.8 Å². The molecule has 2 aromatic rings. The molecule has 2 amide bonds. The van der Waals surface area contributed by atoms with Crippen molar-refractivity contribution in [1.29, 1.82) is 0 Å². The number of rotatable bonds is 5. The Hall–Kier alpha value is -2.14. The van der Waals surface area contributed by atoms with Crippen molar-refractivity contribution in [1.82, 2.24) is 9.80 Å². The van der Waals surface area contributed by atoms with E-state index in [4.69, 9.17) is 0 Å². The summed E-state index contributed by atoms with van der Waals surface area (Å²) in [5, 5.41) is 0. The van der Waals surface area contributed by atoms with Crippen LogP contribution >= 0.6 is 15.9 Å². The van der Waals surface area contributed by atoms with E-state index < -0.39 is 0 Å². The van der Waals surface area contributed by atoms with Gasteiger partial charge >= 0.3 is 0 Å². The molecule has 130 valence electrons. The number of carbonyl (C=O) groups excluding carboxylic acids is 2. The third-order valence-corrected chi connectivity index (χ3v) is 5.20. The largest absolute Gasteiger partial charge is 0.338 e. The SMILES string of the molecule is CN(Cc1ccccc1Br)C(=O)c1cccc(CN2CCCC2=O)c1. The monoisotopic (exact) mass is 400 g/mol. The van der Waals surface area contributed by atoms with Crippen molar-refractivity contribution in [2.45, 2.75) is 25.9 Å². The van der Waals surface area contributed by atoms with Crippen LogP contribution in [0.1, 0.15) is 34.3 Å². The summed E-state index contributed by atoms with van der Waals surface area (Å²) >= 11 is 3.52. The molecule has 1 aliphatic heterocycles. The molecule has 25 heavy (non-hydrogen) atoms. The summed E-state index contributed by atoms with van der Waals surface area (Å²) in [6, 6.07) is 15.5. The van der Waals surface area contributed by atoms with Crippen LogP contribution in [-0.4, -0.2) is 35.2 Å². The van der Waals surface area contributed by atoms with E-state index in [1.807, 2.05) is 53.4 Å². The molecule has 3 rings (SSSR count). The number of amides is 2. The number of carbonyl (C=O) groups is 2. The summed E-state index contributed by atoms with van der Waals surface area (Å²) in [6.07, 6.45) is 1.56. The molecule has 4 nitrogen and oxygen atoms in total. The van der Waals surface area contributed by atoms with Crippen LogP contribution < -0.4 is 0 Å². The number of hydrogen-bond acceptors (Lipinski definition) is 2. The van der Waals surface area contributed by atoms with Gasteiger partial charge in [-0.3, -0.25) is 9.59 Å². The lowest BCUT2D eigenvalue weighted by Gasteiger charge is -2.19. The predicted octanol–water partition coefficient (Wildman–Crippen LogP) is 3.84. The van der Waals surface area contributed by atoms with Gasteiger partial charge in [-0.2, -0.15) is 0 Å². The molecule has 0 radical (unpaired) electrons. The highest BCUT2D eigenvalue weighted by Crippen LogP contribution is 2.19. The second-order valence-corrected chi connectivity index (χ2v) is 7.23. The van der Waals surface area contributed by atoms with Gasteiger partial charge in [0.1, 0.15) is 0 Å². The maximum atomic E-state index is 12.7. The first-order valence-electron chi connectivity index (χ1n) is 8.40.